The molecular formula is C22H22N4O5. The van der Waals surface area contributed by atoms with E-state index in [2.05, 4.69) is 15.6 Å². The quantitative estimate of drug-likeness (QED) is 0.562. The number of nitrogens with one attached hydrogen (secondary N) is 2. The smallest absolute Gasteiger partial charge is 0.321 e. The molecule has 9 nitrogen and oxygen atoms in total. The Labute approximate surface area is 178 Å². The summed E-state index contributed by atoms with van der Waals surface area (Å²) >= 11 is 0. The minimum Gasteiger partial charge on any atom is -0.504 e. The van der Waals surface area contributed by atoms with Crippen LogP contribution >= 0.6 is 0 Å². The van der Waals surface area contributed by atoms with Gasteiger partial charge < -0.3 is 24.9 Å². The number of rotatable bonds is 6. The van der Waals surface area contributed by atoms with Crippen LogP contribution in [0.15, 0.2) is 46.9 Å². The second-order valence-corrected chi connectivity index (χ2v) is 7.03. The number of amides is 3. The van der Waals surface area contributed by atoms with Crippen LogP contribution in [-0.2, 0) is 6.54 Å². The summed E-state index contributed by atoms with van der Waals surface area (Å²) in [5.74, 6) is 0.994. The molecular weight excluding hydrogens is 400 g/mol. The van der Waals surface area contributed by atoms with Gasteiger partial charge in [0.2, 0.25) is 5.89 Å². The maximum atomic E-state index is 12.6. The monoisotopic (exact) mass is 422 g/mol. The molecule has 0 aliphatic carbocycles. The third-order valence-corrected chi connectivity index (χ3v) is 5.01. The Hall–Kier alpha value is -4.01. The molecule has 9 heteroatoms. The van der Waals surface area contributed by atoms with Gasteiger partial charge in [0.25, 0.3) is 5.91 Å². The number of phenols is 1. The number of phenolic OH excluding ortho intramolecular Hbond substituents is 1. The van der Waals surface area contributed by atoms with Crippen LogP contribution < -0.4 is 20.3 Å². The maximum absolute atomic E-state index is 12.6. The molecule has 3 N–H and O–H groups in total. The molecule has 2 aromatic carbocycles. The summed E-state index contributed by atoms with van der Waals surface area (Å²) in [6.45, 7) is 3.09. The Morgan fingerprint density at radius 2 is 2.16 bits per heavy atom. The first-order chi connectivity index (χ1) is 15.0. The predicted molar refractivity (Wildman–Crippen MR) is 113 cm³/mol. The van der Waals surface area contributed by atoms with Crippen LogP contribution in [0.4, 0.5) is 10.5 Å². The van der Waals surface area contributed by atoms with Crippen molar-refractivity contribution in [3.8, 4) is 23.0 Å². The molecule has 4 rings (SSSR count). The Balaban J connectivity index is 1.46. The van der Waals surface area contributed by atoms with Crippen molar-refractivity contribution in [2.24, 2.45) is 0 Å². The van der Waals surface area contributed by atoms with E-state index in [0.29, 0.717) is 53.0 Å². The van der Waals surface area contributed by atoms with Gasteiger partial charge in [-0.05, 0) is 43.3 Å². The summed E-state index contributed by atoms with van der Waals surface area (Å²) < 4.78 is 10.8. The van der Waals surface area contributed by atoms with Crippen LogP contribution in [0.2, 0.25) is 0 Å². The van der Waals surface area contributed by atoms with Crippen LogP contribution in [0.1, 0.15) is 21.8 Å². The molecule has 1 aromatic heterocycles. The molecule has 1 fully saturated rings. The predicted octanol–water partition coefficient (Wildman–Crippen LogP) is 2.82. The van der Waals surface area contributed by atoms with E-state index in [-0.39, 0.29) is 24.2 Å². The first-order valence-corrected chi connectivity index (χ1v) is 9.73. The Bertz CT molecular complexity index is 1140. The molecule has 2 heterocycles. The lowest BCUT2D eigenvalue weighted by atomic mass is 10.1. The summed E-state index contributed by atoms with van der Waals surface area (Å²) in [4.78, 5) is 30.6. The molecule has 1 aliphatic heterocycles. The number of ether oxygens (including phenoxy) is 1. The van der Waals surface area contributed by atoms with E-state index in [1.807, 2.05) is 0 Å². The fraction of sp³-hybridized carbons (Fsp3) is 0.227. The molecule has 0 unspecified atom stereocenters. The summed E-state index contributed by atoms with van der Waals surface area (Å²) in [7, 11) is 1.46. The van der Waals surface area contributed by atoms with Crippen molar-refractivity contribution in [3.05, 3.63) is 59.5 Å². The summed E-state index contributed by atoms with van der Waals surface area (Å²) in [5, 5.41) is 15.3. The molecule has 0 atom stereocenters. The van der Waals surface area contributed by atoms with Gasteiger partial charge in [-0.1, -0.05) is 6.07 Å². The number of hydrogen-bond acceptors (Lipinski definition) is 6. The topological polar surface area (TPSA) is 117 Å². The zero-order chi connectivity index (χ0) is 22.0. The largest absolute Gasteiger partial charge is 0.504 e. The number of aromatic nitrogens is 1. The standard InChI is InChI=1S/C22H22N4O5/c1-13-17(25-21(31-13)15-6-7-18(27)19(11-15)30-2)12-24-20(28)14-4-3-5-16(10-14)26-9-8-23-22(26)29/h3-7,10-11,27H,8-9,12H2,1-2H3,(H,23,29)(H,24,28). The van der Waals surface area contributed by atoms with E-state index >= 15 is 0 Å². The molecule has 0 saturated carbocycles. The molecule has 1 aliphatic rings. The number of hydrogen-bond donors (Lipinski definition) is 3. The lowest BCUT2D eigenvalue weighted by Gasteiger charge is -2.15. The first kappa shape index (κ1) is 20.3. The molecule has 3 amide bonds. The van der Waals surface area contributed by atoms with Crippen molar-refractivity contribution >= 4 is 17.6 Å². The van der Waals surface area contributed by atoms with Crippen LogP contribution in [-0.4, -0.2) is 42.2 Å². The molecule has 160 valence electrons. The van der Waals surface area contributed by atoms with E-state index in [0.717, 1.165) is 0 Å². The van der Waals surface area contributed by atoms with Gasteiger partial charge in [0.1, 0.15) is 11.5 Å². The van der Waals surface area contributed by atoms with Crippen LogP contribution in [0.3, 0.4) is 0 Å². The fourth-order valence-corrected chi connectivity index (χ4v) is 3.33. The van der Waals surface area contributed by atoms with Crippen molar-refractivity contribution in [1.29, 1.82) is 0 Å². The van der Waals surface area contributed by atoms with Crippen LogP contribution in [0.25, 0.3) is 11.5 Å². The molecule has 0 radical (unpaired) electrons. The number of nitrogens with zero attached hydrogens (tertiary/aromatic N) is 2. The molecule has 1 saturated heterocycles. The van der Waals surface area contributed by atoms with Gasteiger partial charge in [-0.2, -0.15) is 0 Å². The van der Waals surface area contributed by atoms with Gasteiger partial charge >= 0.3 is 6.03 Å². The molecule has 0 bridgehead atoms. The van der Waals surface area contributed by atoms with E-state index in [1.54, 1.807) is 48.2 Å². The van der Waals surface area contributed by atoms with Gasteiger partial charge in [-0.25, -0.2) is 9.78 Å². The fourth-order valence-electron chi connectivity index (χ4n) is 3.33. The van der Waals surface area contributed by atoms with Gasteiger partial charge in [-0.3, -0.25) is 9.69 Å². The second kappa shape index (κ2) is 8.39. The van der Waals surface area contributed by atoms with Crippen molar-refractivity contribution in [2.75, 3.05) is 25.1 Å². The van der Waals surface area contributed by atoms with Crippen molar-refractivity contribution in [2.45, 2.75) is 13.5 Å². The summed E-state index contributed by atoms with van der Waals surface area (Å²) in [5.41, 5.74) is 2.35. The van der Waals surface area contributed by atoms with Gasteiger partial charge in [0, 0.05) is 29.9 Å². The third kappa shape index (κ3) is 4.16. The van der Waals surface area contributed by atoms with E-state index in [9.17, 15) is 14.7 Å². The molecule has 31 heavy (non-hydrogen) atoms. The van der Waals surface area contributed by atoms with Gasteiger partial charge in [0.15, 0.2) is 11.5 Å². The Kier molecular flexibility index (Phi) is 5.48. The maximum Gasteiger partial charge on any atom is 0.321 e. The number of oxazole rings is 1. The van der Waals surface area contributed by atoms with E-state index < -0.39 is 0 Å². The average molecular weight is 422 g/mol. The third-order valence-electron chi connectivity index (χ3n) is 5.01. The number of urea groups is 1. The normalized spacial score (nSPS) is 13.2. The number of anilines is 1. The van der Waals surface area contributed by atoms with Crippen molar-refractivity contribution < 1.29 is 23.8 Å². The highest BCUT2D eigenvalue weighted by Gasteiger charge is 2.22. The average Bonchev–Trinajstić information content (AvgIpc) is 3.37. The zero-order valence-corrected chi connectivity index (χ0v) is 17.1. The van der Waals surface area contributed by atoms with Crippen molar-refractivity contribution in [1.82, 2.24) is 15.6 Å². The van der Waals surface area contributed by atoms with Gasteiger partial charge in [0.05, 0.1) is 13.7 Å². The van der Waals surface area contributed by atoms with E-state index in [1.165, 1.54) is 13.2 Å². The van der Waals surface area contributed by atoms with Gasteiger partial charge in [-0.15, -0.1) is 0 Å². The highest BCUT2D eigenvalue weighted by Crippen LogP contribution is 2.31. The first-order valence-electron chi connectivity index (χ1n) is 9.73. The molecule has 0 spiro atoms. The minimum absolute atomic E-state index is 0.0238. The number of carbonyl (C=O) groups excluding carboxylic acids is 2. The van der Waals surface area contributed by atoms with Crippen molar-refractivity contribution in [3.63, 3.8) is 0 Å². The lowest BCUT2D eigenvalue weighted by molar-refractivity contribution is 0.0950. The molecule has 3 aromatic rings. The van der Waals surface area contributed by atoms with E-state index in [4.69, 9.17) is 9.15 Å². The Morgan fingerprint density at radius 3 is 2.90 bits per heavy atom. The number of aryl methyl sites for hydroxylation is 1. The Morgan fingerprint density at radius 1 is 1.32 bits per heavy atom. The lowest BCUT2D eigenvalue weighted by Crippen LogP contribution is -2.28. The summed E-state index contributed by atoms with van der Waals surface area (Å²) in [6.07, 6.45) is 0. The second-order valence-electron chi connectivity index (χ2n) is 7.03. The highest BCUT2D eigenvalue weighted by molar-refractivity contribution is 5.98. The minimum atomic E-state index is -0.281. The summed E-state index contributed by atoms with van der Waals surface area (Å²) in [6, 6.07) is 11.5. The van der Waals surface area contributed by atoms with Crippen LogP contribution in [0, 0.1) is 6.92 Å². The SMILES string of the molecule is COc1cc(-c2nc(CNC(=O)c3cccc(N4CCNC4=O)c3)c(C)o2)ccc1O. The van der Waals surface area contributed by atoms with Crippen LogP contribution in [0.5, 0.6) is 11.5 Å². The zero-order valence-electron chi connectivity index (χ0n) is 17.1. The highest BCUT2D eigenvalue weighted by atomic mass is 16.5. The number of carbonyl (C=O) groups is 2. The number of aromatic hydroxyl groups is 1. The number of benzene rings is 2. The number of methoxy groups -OCH3 is 1.